The lowest BCUT2D eigenvalue weighted by atomic mass is 9.83. The summed E-state index contributed by atoms with van der Waals surface area (Å²) in [6.07, 6.45) is -0.778. The number of nitro groups is 2. The minimum atomic E-state index is -0.778. The Kier molecular flexibility index (Phi) is 4.55. The second kappa shape index (κ2) is 5.75. The monoisotopic (exact) mass is 268 g/mol. The lowest BCUT2D eigenvalue weighted by Gasteiger charge is -2.23. The van der Waals surface area contributed by atoms with Gasteiger partial charge in [-0.1, -0.05) is 13.8 Å². The van der Waals surface area contributed by atoms with Crippen molar-refractivity contribution in [1.82, 2.24) is 0 Å². The van der Waals surface area contributed by atoms with Crippen LogP contribution in [0.25, 0.3) is 0 Å². The molecule has 1 N–H and O–H groups in total. The normalized spacial score (nSPS) is 14.2. The summed E-state index contributed by atoms with van der Waals surface area (Å²) in [5.74, 6) is -0.471. The maximum Gasteiger partial charge on any atom is 0.279 e. The minimum absolute atomic E-state index is 0.0276. The Hall–Kier alpha value is -2.02. The van der Waals surface area contributed by atoms with Crippen molar-refractivity contribution < 1.29 is 15.0 Å². The van der Waals surface area contributed by atoms with Gasteiger partial charge in [0.2, 0.25) is 0 Å². The quantitative estimate of drug-likeness (QED) is 0.652. The van der Waals surface area contributed by atoms with Crippen molar-refractivity contribution in [1.29, 1.82) is 0 Å². The van der Waals surface area contributed by atoms with Crippen LogP contribution in [0.3, 0.4) is 0 Å². The lowest BCUT2D eigenvalue weighted by Crippen LogP contribution is -2.21. The molecular weight excluding hydrogens is 252 g/mol. The van der Waals surface area contributed by atoms with E-state index in [0.29, 0.717) is 5.56 Å². The zero-order valence-electron chi connectivity index (χ0n) is 10.9. The number of benzene rings is 1. The van der Waals surface area contributed by atoms with Crippen LogP contribution in [0.5, 0.6) is 0 Å². The number of rotatable bonds is 5. The van der Waals surface area contributed by atoms with E-state index in [1.54, 1.807) is 6.92 Å². The zero-order valence-corrected chi connectivity index (χ0v) is 10.9. The van der Waals surface area contributed by atoms with Gasteiger partial charge in [0, 0.05) is 17.5 Å². The molecule has 0 bridgehead atoms. The van der Waals surface area contributed by atoms with E-state index in [1.807, 2.05) is 13.8 Å². The molecule has 7 heteroatoms. The molecule has 2 unspecified atom stereocenters. The summed E-state index contributed by atoms with van der Waals surface area (Å²) in [5, 5.41) is 31.5. The van der Waals surface area contributed by atoms with Crippen molar-refractivity contribution in [3.8, 4) is 0 Å². The van der Waals surface area contributed by atoms with Gasteiger partial charge in [-0.25, -0.2) is 0 Å². The summed E-state index contributed by atoms with van der Waals surface area (Å²) in [6.45, 7) is 5.22. The van der Waals surface area contributed by atoms with E-state index in [0.717, 1.165) is 6.07 Å². The molecule has 0 radical (unpaired) electrons. The third-order valence-corrected chi connectivity index (χ3v) is 3.02. The third kappa shape index (κ3) is 3.25. The van der Waals surface area contributed by atoms with Gasteiger partial charge in [-0.15, -0.1) is 0 Å². The van der Waals surface area contributed by atoms with E-state index in [4.69, 9.17) is 0 Å². The molecule has 0 saturated carbocycles. The fraction of sp³-hybridized carbons (Fsp3) is 0.500. The van der Waals surface area contributed by atoms with Crippen molar-refractivity contribution >= 4 is 11.4 Å². The molecule has 0 fully saturated rings. The average molecular weight is 268 g/mol. The summed E-state index contributed by atoms with van der Waals surface area (Å²) in [7, 11) is 0. The number of non-ortho nitro benzene ring substituents is 1. The maximum absolute atomic E-state index is 11.0. The first kappa shape index (κ1) is 15.0. The van der Waals surface area contributed by atoms with Gasteiger partial charge in [0.05, 0.1) is 22.0 Å². The molecular formula is C12H16N2O5. The highest BCUT2D eigenvalue weighted by atomic mass is 16.6. The van der Waals surface area contributed by atoms with Crippen molar-refractivity contribution in [2.75, 3.05) is 0 Å². The fourth-order valence-corrected chi connectivity index (χ4v) is 2.26. The van der Waals surface area contributed by atoms with Crippen molar-refractivity contribution in [3.05, 3.63) is 44.0 Å². The second-order valence-electron chi connectivity index (χ2n) is 4.77. The Morgan fingerprint density at radius 3 is 2.05 bits per heavy atom. The van der Waals surface area contributed by atoms with Gasteiger partial charge < -0.3 is 5.11 Å². The Balaban J connectivity index is 3.41. The molecule has 0 aliphatic carbocycles. The summed E-state index contributed by atoms with van der Waals surface area (Å²) in [6, 6.07) is 3.51. The van der Waals surface area contributed by atoms with Gasteiger partial charge in [0.1, 0.15) is 0 Å². The standard InChI is InChI=1S/C12H16N2O5/c1-7(2)12(8(3)15)10-5-4-9(13(16)17)6-11(10)14(18)19/h4-8,12,15H,1-3H3. The SMILES string of the molecule is CC(C)C(c1ccc([N+](=O)[O-])cc1[N+](=O)[O-])C(C)O. The molecule has 1 aromatic rings. The number of aliphatic hydroxyl groups excluding tert-OH is 1. The van der Waals surface area contributed by atoms with Crippen molar-refractivity contribution in [3.63, 3.8) is 0 Å². The van der Waals surface area contributed by atoms with E-state index in [1.165, 1.54) is 12.1 Å². The van der Waals surface area contributed by atoms with Gasteiger partial charge in [0.15, 0.2) is 0 Å². The van der Waals surface area contributed by atoms with Crippen LogP contribution < -0.4 is 0 Å². The van der Waals surface area contributed by atoms with Crippen LogP contribution in [0, 0.1) is 26.1 Å². The van der Waals surface area contributed by atoms with Crippen LogP contribution in [0.4, 0.5) is 11.4 Å². The third-order valence-electron chi connectivity index (χ3n) is 3.02. The Morgan fingerprint density at radius 1 is 1.11 bits per heavy atom. The summed E-state index contributed by atoms with van der Waals surface area (Å²) < 4.78 is 0. The first-order valence-electron chi connectivity index (χ1n) is 5.86. The molecule has 2 atom stereocenters. The van der Waals surface area contributed by atoms with E-state index in [9.17, 15) is 25.3 Å². The molecule has 104 valence electrons. The Morgan fingerprint density at radius 2 is 1.68 bits per heavy atom. The number of nitro benzene ring substituents is 2. The fourth-order valence-electron chi connectivity index (χ4n) is 2.26. The van der Waals surface area contributed by atoms with Crippen molar-refractivity contribution in [2.45, 2.75) is 32.8 Å². The van der Waals surface area contributed by atoms with E-state index < -0.39 is 21.9 Å². The van der Waals surface area contributed by atoms with E-state index in [2.05, 4.69) is 0 Å². The highest BCUT2D eigenvalue weighted by Crippen LogP contribution is 2.36. The number of aliphatic hydroxyl groups is 1. The number of nitrogens with zero attached hydrogens (tertiary/aromatic N) is 2. The van der Waals surface area contributed by atoms with Gasteiger partial charge in [-0.3, -0.25) is 20.2 Å². The molecule has 1 rings (SSSR count). The Labute approximate surface area is 110 Å². The Bertz CT molecular complexity index is 491. The molecule has 0 saturated heterocycles. The second-order valence-corrected chi connectivity index (χ2v) is 4.77. The average Bonchev–Trinajstić information content (AvgIpc) is 2.27. The van der Waals surface area contributed by atoms with Crippen molar-refractivity contribution in [2.24, 2.45) is 5.92 Å². The summed E-state index contributed by atoms with van der Waals surface area (Å²) in [4.78, 5) is 20.4. The maximum atomic E-state index is 11.0. The van der Waals surface area contributed by atoms with Crippen LogP contribution in [-0.2, 0) is 0 Å². The molecule has 0 heterocycles. The highest BCUT2D eigenvalue weighted by molar-refractivity contribution is 5.51. The largest absolute Gasteiger partial charge is 0.393 e. The summed E-state index contributed by atoms with van der Waals surface area (Å²) in [5.41, 5.74) is -0.335. The van der Waals surface area contributed by atoms with Crippen LogP contribution in [0.15, 0.2) is 18.2 Å². The number of hydrogen-bond acceptors (Lipinski definition) is 5. The van der Waals surface area contributed by atoms with Crippen LogP contribution in [-0.4, -0.2) is 21.1 Å². The minimum Gasteiger partial charge on any atom is -0.393 e. The smallest absolute Gasteiger partial charge is 0.279 e. The van der Waals surface area contributed by atoms with Gasteiger partial charge >= 0.3 is 0 Å². The van der Waals surface area contributed by atoms with Gasteiger partial charge in [0.25, 0.3) is 11.4 Å². The summed E-state index contributed by atoms with van der Waals surface area (Å²) >= 11 is 0. The van der Waals surface area contributed by atoms with Gasteiger partial charge in [-0.05, 0) is 18.9 Å². The van der Waals surface area contributed by atoms with Crippen LogP contribution in [0.2, 0.25) is 0 Å². The molecule has 0 aromatic heterocycles. The van der Waals surface area contributed by atoms with E-state index >= 15 is 0 Å². The molecule has 1 aromatic carbocycles. The lowest BCUT2D eigenvalue weighted by molar-refractivity contribution is -0.394. The topological polar surface area (TPSA) is 107 Å². The van der Waals surface area contributed by atoms with Gasteiger partial charge in [-0.2, -0.15) is 0 Å². The first-order valence-corrected chi connectivity index (χ1v) is 5.86. The molecule has 0 aliphatic rings. The van der Waals surface area contributed by atoms with Crippen LogP contribution >= 0.6 is 0 Å². The highest BCUT2D eigenvalue weighted by Gasteiger charge is 2.30. The molecule has 0 spiro atoms. The predicted molar refractivity (Wildman–Crippen MR) is 69.0 cm³/mol. The molecule has 0 amide bonds. The van der Waals surface area contributed by atoms with E-state index in [-0.39, 0.29) is 17.3 Å². The molecule has 7 nitrogen and oxygen atoms in total. The predicted octanol–water partition coefficient (Wildman–Crippen LogP) is 2.62. The first-order chi connectivity index (χ1) is 8.75. The molecule has 0 aliphatic heterocycles. The molecule has 19 heavy (non-hydrogen) atoms. The zero-order chi connectivity index (χ0) is 14.7. The van der Waals surface area contributed by atoms with Crippen LogP contribution in [0.1, 0.15) is 32.3 Å². The number of hydrogen-bond donors (Lipinski definition) is 1.